The SMILES string of the molecule is CCCC(=O)N1CCc2nc(Cc3cccc(C)c3)[nH]c(=O)c2C1. The lowest BCUT2D eigenvalue weighted by atomic mass is 10.1. The zero-order chi connectivity index (χ0) is 17.1. The van der Waals surface area contributed by atoms with Crippen LogP contribution in [0.4, 0.5) is 0 Å². The number of aromatic nitrogens is 2. The fourth-order valence-corrected chi connectivity index (χ4v) is 3.16. The van der Waals surface area contributed by atoms with Crippen molar-refractivity contribution in [3.63, 3.8) is 0 Å². The number of nitrogens with one attached hydrogen (secondary N) is 1. The number of carbonyl (C=O) groups is 1. The molecule has 1 aromatic heterocycles. The molecule has 1 amide bonds. The molecule has 0 bridgehead atoms. The molecule has 1 aliphatic heterocycles. The highest BCUT2D eigenvalue weighted by atomic mass is 16.2. The van der Waals surface area contributed by atoms with Crippen LogP contribution >= 0.6 is 0 Å². The number of carbonyl (C=O) groups excluding carboxylic acids is 1. The molecular formula is C19H23N3O2. The molecule has 0 radical (unpaired) electrons. The maximum Gasteiger partial charge on any atom is 0.256 e. The van der Waals surface area contributed by atoms with Gasteiger partial charge in [-0.15, -0.1) is 0 Å². The van der Waals surface area contributed by atoms with Gasteiger partial charge in [-0.05, 0) is 18.9 Å². The lowest BCUT2D eigenvalue weighted by molar-refractivity contribution is -0.132. The van der Waals surface area contributed by atoms with Crippen molar-refractivity contribution in [2.75, 3.05) is 6.54 Å². The molecule has 5 heteroatoms. The van der Waals surface area contributed by atoms with Crippen LogP contribution in [0.15, 0.2) is 29.1 Å². The van der Waals surface area contributed by atoms with E-state index in [0.717, 1.165) is 17.7 Å². The molecule has 1 N–H and O–H groups in total. The number of aryl methyl sites for hydroxylation is 1. The van der Waals surface area contributed by atoms with Crippen LogP contribution in [0.25, 0.3) is 0 Å². The molecule has 3 rings (SSSR count). The van der Waals surface area contributed by atoms with E-state index in [1.54, 1.807) is 4.90 Å². The zero-order valence-corrected chi connectivity index (χ0v) is 14.3. The van der Waals surface area contributed by atoms with Crippen LogP contribution in [0.3, 0.4) is 0 Å². The lowest BCUT2D eigenvalue weighted by Gasteiger charge is -2.27. The molecule has 2 aromatic rings. The van der Waals surface area contributed by atoms with Gasteiger partial charge < -0.3 is 9.88 Å². The number of H-pyrrole nitrogens is 1. The van der Waals surface area contributed by atoms with Crippen molar-refractivity contribution in [3.8, 4) is 0 Å². The van der Waals surface area contributed by atoms with E-state index >= 15 is 0 Å². The highest BCUT2D eigenvalue weighted by molar-refractivity contribution is 5.76. The highest BCUT2D eigenvalue weighted by Crippen LogP contribution is 2.16. The number of benzene rings is 1. The first kappa shape index (κ1) is 16.4. The standard InChI is InChI=1S/C19H23N3O2/c1-3-5-18(23)22-9-8-16-15(12-22)19(24)21-17(20-16)11-14-7-4-6-13(2)10-14/h4,6-7,10H,3,5,8-9,11-12H2,1-2H3,(H,20,21,24). The van der Waals surface area contributed by atoms with Gasteiger partial charge in [0.05, 0.1) is 17.8 Å². The minimum Gasteiger partial charge on any atom is -0.338 e. The molecule has 5 nitrogen and oxygen atoms in total. The Balaban J connectivity index is 1.82. The van der Waals surface area contributed by atoms with E-state index in [1.165, 1.54) is 5.56 Å². The first-order chi connectivity index (χ1) is 11.6. The van der Waals surface area contributed by atoms with Crippen LogP contribution in [0.1, 0.15) is 48.0 Å². The average Bonchev–Trinajstić information content (AvgIpc) is 2.55. The summed E-state index contributed by atoms with van der Waals surface area (Å²) >= 11 is 0. The van der Waals surface area contributed by atoms with E-state index < -0.39 is 0 Å². The summed E-state index contributed by atoms with van der Waals surface area (Å²) in [6.07, 6.45) is 2.62. The van der Waals surface area contributed by atoms with Crippen molar-refractivity contribution in [2.45, 2.75) is 46.1 Å². The van der Waals surface area contributed by atoms with Crippen LogP contribution in [0, 0.1) is 6.92 Å². The molecular weight excluding hydrogens is 302 g/mol. The minimum atomic E-state index is -0.114. The number of amides is 1. The first-order valence-corrected chi connectivity index (χ1v) is 8.51. The fraction of sp³-hybridized carbons (Fsp3) is 0.421. The number of nitrogens with zero attached hydrogens (tertiary/aromatic N) is 2. The second kappa shape index (κ2) is 6.99. The smallest absolute Gasteiger partial charge is 0.256 e. The van der Waals surface area contributed by atoms with Crippen molar-refractivity contribution in [1.29, 1.82) is 0 Å². The summed E-state index contributed by atoms with van der Waals surface area (Å²) < 4.78 is 0. The predicted octanol–water partition coefficient (Wildman–Crippen LogP) is 2.35. The third-order valence-corrected chi connectivity index (χ3v) is 4.39. The lowest BCUT2D eigenvalue weighted by Crippen LogP contribution is -2.39. The molecule has 0 fully saturated rings. The summed E-state index contributed by atoms with van der Waals surface area (Å²) in [4.78, 5) is 33.8. The van der Waals surface area contributed by atoms with E-state index in [-0.39, 0.29) is 11.5 Å². The van der Waals surface area contributed by atoms with Gasteiger partial charge in [0.25, 0.3) is 5.56 Å². The van der Waals surface area contributed by atoms with Crippen LogP contribution in [0.2, 0.25) is 0 Å². The monoisotopic (exact) mass is 325 g/mol. The van der Waals surface area contributed by atoms with Crippen molar-refractivity contribution < 1.29 is 4.79 Å². The summed E-state index contributed by atoms with van der Waals surface area (Å²) in [5, 5.41) is 0. The molecule has 0 saturated carbocycles. The molecule has 126 valence electrons. The summed E-state index contributed by atoms with van der Waals surface area (Å²) in [5.41, 5.74) is 3.68. The van der Waals surface area contributed by atoms with Crippen LogP contribution in [-0.2, 0) is 24.2 Å². The molecule has 1 aromatic carbocycles. The minimum absolute atomic E-state index is 0.114. The molecule has 0 unspecified atom stereocenters. The summed E-state index contributed by atoms with van der Waals surface area (Å²) in [5.74, 6) is 0.809. The van der Waals surface area contributed by atoms with Crippen molar-refractivity contribution in [3.05, 3.63) is 62.8 Å². The topological polar surface area (TPSA) is 66.1 Å². The Morgan fingerprint density at radius 2 is 2.21 bits per heavy atom. The maximum absolute atomic E-state index is 12.4. The Labute approximate surface area is 141 Å². The van der Waals surface area contributed by atoms with E-state index in [1.807, 2.05) is 19.1 Å². The Morgan fingerprint density at radius 3 is 2.96 bits per heavy atom. The Hall–Kier alpha value is -2.43. The van der Waals surface area contributed by atoms with E-state index in [9.17, 15) is 9.59 Å². The van der Waals surface area contributed by atoms with Gasteiger partial charge in [0.2, 0.25) is 5.91 Å². The summed E-state index contributed by atoms with van der Waals surface area (Å²) in [7, 11) is 0. The Bertz CT molecular complexity index is 810. The zero-order valence-electron chi connectivity index (χ0n) is 14.3. The summed E-state index contributed by atoms with van der Waals surface area (Å²) in [6.45, 7) is 5.06. The second-order valence-corrected chi connectivity index (χ2v) is 6.42. The molecule has 0 spiro atoms. The largest absolute Gasteiger partial charge is 0.338 e. The molecule has 0 saturated heterocycles. The molecule has 2 heterocycles. The molecule has 1 aliphatic rings. The van der Waals surface area contributed by atoms with Gasteiger partial charge in [0, 0.05) is 25.8 Å². The molecule has 0 atom stereocenters. The van der Waals surface area contributed by atoms with Gasteiger partial charge >= 0.3 is 0 Å². The average molecular weight is 325 g/mol. The first-order valence-electron chi connectivity index (χ1n) is 8.51. The quantitative estimate of drug-likeness (QED) is 0.938. The maximum atomic E-state index is 12.4. The normalized spacial score (nSPS) is 13.7. The predicted molar refractivity (Wildman–Crippen MR) is 92.9 cm³/mol. The molecule has 0 aliphatic carbocycles. The number of fused-ring (bicyclic) bond motifs is 1. The van der Waals surface area contributed by atoms with Gasteiger partial charge in [-0.2, -0.15) is 0 Å². The van der Waals surface area contributed by atoms with Crippen LogP contribution in [-0.4, -0.2) is 27.3 Å². The molecule has 24 heavy (non-hydrogen) atoms. The Kier molecular flexibility index (Phi) is 4.79. The van der Waals surface area contributed by atoms with E-state index in [4.69, 9.17) is 0 Å². The van der Waals surface area contributed by atoms with Crippen molar-refractivity contribution >= 4 is 5.91 Å². The van der Waals surface area contributed by atoms with Crippen molar-refractivity contribution in [1.82, 2.24) is 14.9 Å². The highest BCUT2D eigenvalue weighted by Gasteiger charge is 2.23. The van der Waals surface area contributed by atoms with Crippen LogP contribution < -0.4 is 5.56 Å². The summed E-state index contributed by atoms with van der Waals surface area (Å²) in [6, 6.07) is 8.20. The van der Waals surface area contributed by atoms with Gasteiger partial charge in [-0.25, -0.2) is 4.98 Å². The third kappa shape index (κ3) is 3.55. The van der Waals surface area contributed by atoms with E-state index in [2.05, 4.69) is 29.0 Å². The Morgan fingerprint density at radius 1 is 1.38 bits per heavy atom. The number of rotatable bonds is 4. The number of hydrogen-bond donors (Lipinski definition) is 1. The van der Waals surface area contributed by atoms with Gasteiger partial charge in [-0.3, -0.25) is 9.59 Å². The third-order valence-electron chi connectivity index (χ3n) is 4.39. The number of aromatic amines is 1. The fourth-order valence-electron chi connectivity index (χ4n) is 3.16. The van der Waals surface area contributed by atoms with Gasteiger partial charge in [-0.1, -0.05) is 36.8 Å². The van der Waals surface area contributed by atoms with Crippen molar-refractivity contribution in [2.24, 2.45) is 0 Å². The van der Waals surface area contributed by atoms with Gasteiger partial charge in [0.15, 0.2) is 0 Å². The number of hydrogen-bond acceptors (Lipinski definition) is 3. The van der Waals surface area contributed by atoms with Gasteiger partial charge in [0.1, 0.15) is 5.82 Å². The second-order valence-electron chi connectivity index (χ2n) is 6.42. The van der Waals surface area contributed by atoms with E-state index in [0.29, 0.717) is 43.7 Å². The van der Waals surface area contributed by atoms with Crippen LogP contribution in [0.5, 0.6) is 0 Å².